The fraction of sp³-hybridized carbons (Fsp3) is 0.500. The summed E-state index contributed by atoms with van der Waals surface area (Å²) in [5.74, 6) is 0.829. The molecular formula is C12H16Cl2N2OS. The van der Waals surface area contributed by atoms with Crippen molar-refractivity contribution in [1.29, 1.82) is 0 Å². The molecule has 0 aromatic carbocycles. The summed E-state index contributed by atoms with van der Waals surface area (Å²) in [6.07, 6.45) is 4.40. The Morgan fingerprint density at radius 2 is 2.22 bits per heavy atom. The molecule has 0 radical (unpaired) electrons. The molecule has 0 spiro atoms. The van der Waals surface area contributed by atoms with Gasteiger partial charge in [-0.05, 0) is 18.7 Å². The second-order valence-electron chi connectivity index (χ2n) is 3.93. The number of halogens is 2. The van der Waals surface area contributed by atoms with Crippen molar-refractivity contribution in [2.45, 2.75) is 19.4 Å². The van der Waals surface area contributed by atoms with Crippen LogP contribution in [0.4, 0.5) is 0 Å². The summed E-state index contributed by atoms with van der Waals surface area (Å²) in [4.78, 5) is 17.9. The first-order chi connectivity index (χ1) is 8.51. The lowest BCUT2D eigenvalue weighted by atomic mass is 10.2. The van der Waals surface area contributed by atoms with Crippen molar-refractivity contribution in [3.05, 3.63) is 28.0 Å². The van der Waals surface area contributed by atoms with E-state index in [9.17, 15) is 4.79 Å². The smallest absolute Gasteiger partial charge is 0.255 e. The molecule has 100 valence electrons. The molecular weight excluding hydrogens is 291 g/mol. The van der Waals surface area contributed by atoms with Crippen LogP contribution in [0.15, 0.2) is 12.3 Å². The molecule has 0 N–H and O–H groups in total. The highest BCUT2D eigenvalue weighted by atomic mass is 35.5. The van der Waals surface area contributed by atoms with Gasteiger partial charge in [0.05, 0.1) is 10.6 Å². The van der Waals surface area contributed by atoms with Gasteiger partial charge in [0.2, 0.25) is 0 Å². The molecule has 18 heavy (non-hydrogen) atoms. The molecule has 6 heteroatoms. The van der Waals surface area contributed by atoms with Gasteiger partial charge in [-0.2, -0.15) is 11.8 Å². The monoisotopic (exact) mass is 306 g/mol. The maximum absolute atomic E-state index is 12.3. The average Bonchev–Trinajstić information content (AvgIpc) is 2.37. The van der Waals surface area contributed by atoms with Crippen LogP contribution in [0.3, 0.4) is 0 Å². The van der Waals surface area contributed by atoms with Crippen molar-refractivity contribution in [3.63, 3.8) is 0 Å². The second kappa shape index (κ2) is 7.22. The molecule has 1 aromatic rings. The van der Waals surface area contributed by atoms with Gasteiger partial charge in [0.1, 0.15) is 5.15 Å². The van der Waals surface area contributed by atoms with Crippen LogP contribution >= 0.6 is 35.0 Å². The van der Waals surface area contributed by atoms with Crippen LogP contribution in [0.5, 0.6) is 0 Å². The number of amides is 1. The molecule has 1 rings (SSSR count). The third kappa shape index (κ3) is 3.77. The number of rotatable bonds is 5. The number of thioether (sulfide) groups is 1. The van der Waals surface area contributed by atoms with Gasteiger partial charge < -0.3 is 4.90 Å². The van der Waals surface area contributed by atoms with Crippen molar-refractivity contribution in [1.82, 2.24) is 9.88 Å². The predicted octanol–water partition coefficient (Wildman–Crippen LogP) is 3.60. The van der Waals surface area contributed by atoms with Crippen LogP contribution in [-0.2, 0) is 0 Å². The van der Waals surface area contributed by atoms with Crippen LogP contribution in [0.2, 0.25) is 10.2 Å². The Labute approximate surface area is 122 Å². The van der Waals surface area contributed by atoms with Crippen molar-refractivity contribution < 1.29 is 4.79 Å². The number of carbonyl (C=O) groups excluding carboxylic acids is 1. The van der Waals surface area contributed by atoms with Gasteiger partial charge in [-0.25, -0.2) is 4.98 Å². The molecule has 1 heterocycles. The minimum Gasteiger partial charge on any atom is -0.338 e. The highest BCUT2D eigenvalue weighted by Crippen LogP contribution is 2.21. The maximum Gasteiger partial charge on any atom is 0.255 e. The average molecular weight is 307 g/mol. The highest BCUT2D eigenvalue weighted by molar-refractivity contribution is 7.98. The first kappa shape index (κ1) is 15.6. The molecule has 0 saturated heterocycles. The molecule has 0 fully saturated rings. The highest BCUT2D eigenvalue weighted by Gasteiger charge is 2.20. The normalized spacial score (nSPS) is 12.3. The fourth-order valence-corrected chi connectivity index (χ4v) is 2.72. The number of carbonyl (C=O) groups is 1. The summed E-state index contributed by atoms with van der Waals surface area (Å²) in [6, 6.07) is 1.77. The van der Waals surface area contributed by atoms with Crippen LogP contribution in [0, 0.1) is 0 Å². The van der Waals surface area contributed by atoms with E-state index in [-0.39, 0.29) is 17.1 Å². The van der Waals surface area contributed by atoms with Gasteiger partial charge in [-0.3, -0.25) is 4.79 Å². The Bertz CT molecular complexity index is 429. The Kier molecular flexibility index (Phi) is 6.26. The van der Waals surface area contributed by atoms with E-state index in [1.54, 1.807) is 29.8 Å². The molecule has 1 aromatic heterocycles. The van der Waals surface area contributed by atoms with Crippen molar-refractivity contribution in [2.75, 3.05) is 19.1 Å². The van der Waals surface area contributed by atoms with E-state index in [4.69, 9.17) is 23.2 Å². The lowest BCUT2D eigenvalue weighted by molar-refractivity contribution is 0.0743. The first-order valence-corrected chi connectivity index (χ1v) is 7.73. The zero-order chi connectivity index (χ0) is 13.7. The van der Waals surface area contributed by atoms with E-state index >= 15 is 0 Å². The first-order valence-electron chi connectivity index (χ1n) is 5.58. The Morgan fingerprint density at radius 3 is 2.72 bits per heavy atom. The summed E-state index contributed by atoms with van der Waals surface area (Å²) in [5.41, 5.74) is 0.464. The lowest BCUT2D eigenvalue weighted by Crippen LogP contribution is -2.38. The number of aromatic nitrogens is 1. The molecule has 0 saturated carbocycles. The lowest BCUT2D eigenvalue weighted by Gasteiger charge is -2.26. The summed E-state index contributed by atoms with van der Waals surface area (Å²) < 4.78 is 0. The van der Waals surface area contributed by atoms with Crippen molar-refractivity contribution in [3.8, 4) is 0 Å². The molecule has 1 unspecified atom stereocenters. The standard InChI is InChI=1S/C12H16Cl2N2OS/c1-4-9(7-18-3)16(2)12(17)8-5-10(13)11(14)15-6-8/h5-6,9H,4,7H2,1-3H3. The number of nitrogens with zero attached hydrogens (tertiary/aromatic N) is 2. The zero-order valence-corrected chi connectivity index (χ0v) is 12.9. The van der Waals surface area contributed by atoms with Gasteiger partial charge >= 0.3 is 0 Å². The minimum absolute atomic E-state index is 0.0815. The van der Waals surface area contributed by atoms with Gasteiger partial charge in [0.25, 0.3) is 5.91 Å². The van der Waals surface area contributed by atoms with E-state index in [0.717, 1.165) is 12.2 Å². The van der Waals surface area contributed by atoms with Gasteiger partial charge in [0.15, 0.2) is 0 Å². The van der Waals surface area contributed by atoms with Gasteiger partial charge in [-0.1, -0.05) is 30.1 Å². The SMILES string of the molecule is CCC(CSC)N(C)C(=O)c1cnc(Cl)c(Cl)c1. The Morgan fingerprint density at radius 1 is 1.56 bits per heavy atom. The third-order valence-corrected chi connectivity index (χ3v) is 4.15. The van der Waals surface area contributed by atoms with Gasteiger partial charge in [-0.15, -0.1) is 0 Å². The maximum atomic E-state index is 12.3. The largest absolute Gasteiger partial charge is 0.338 e. The van der Waals surface area contributed by atoms with E-state index in [0.29, 0.717) is 10.6 Å². The molecule has 1 atom stereocenters. The zero-order valence-electron chi connectivity index (χ0n) is 10.6. The summed E-state index contributed by atoms with van der Waals surface area (Å²) >= 11 is 13.3. The Balaban J connectivity index is 2.88. The summed E-state index contributed by atoms with van der Waals surface area (Å²) in [7, 11) is 1.80. The third-order valence-electron chi connectivity index (χ3n) is 2.74. The molecule has 0 aliphatic carbocycles. The minimum atomic E-state index is -0.0815. The Hall–Kier alpha value is -0.450. The van der Waals surface area contributed by atoms with E-state index in [1.807, 2.05) is 6.26 Å². The second-order valence-corrected chi connectivity index (χ2v) is 5.61. The van der Waals surface area contributed by atoms with Crippen molar-refractivity contribution >= 4 is 40.9 Å². The molecule has 0 aliphatic rings. The fourth-order valence-electron chi connectivity index (χ4n) is 1.60. The van der Waals surface area contributed by atoms with E-state index in [2.05, 4.69) is 11.9 Å². The van der Waals surface area contributed by atoms with E-state index in [1.165, 1.54) is 6.20 Å². The van der Waals surface area contributed by atoms with Crippen molar-refractivity contribution in [2.24, 2.45) is 0 Å². The quantitative estimate of drug-likeness (QED) is 0.779. The predicted molar refractivity (Wildman–Crippen MR) is 78.8 cm³/mol. The summed E-state index contributed by atoms with van der Waals surface area (Å²) in [5, 5.41) is 0.515. The molecule has 0 aliphatic heterocycles. The molecule has 1 amide bonds. The van der Waals surface area contributed by atoms with Crippen LogP contribution < -0.4 is 0 Å². The van der Waals surface area contributed by atoms with E-state index < -0.39 is 0 Å². The van der Waals surface area contributed by atoms with Crippen LogP contribution in [-0.4, -0.2) is 40.9 Å². The topological polar surface area (TPSA) is 33.2 Å². The molecule has 3 nitrogen and oxygen atoms in total. The number of hydrogen-bond donors (Lipinski definition) is 0. The summed E-state index contributed by atoms with van der Waals surface area (Å²) in [6.45, 7) is 2.07. The van der Waals surface area contributed by atoms with Gasteiger partial charge in [0, 0.05) is 25.0 Å². The number of pyridine rings is 1. The number of hydrogen-bond acceptors (Lipinski definition) is 3. The van der Waals surface area contributed by atoms with Crippen LogP contribution in [0.25, 0.3) is 0 Å². The molecule has 0 bridgehead atoms. The van der Waals surface area contributed by atoms with Crippen LogP contribution in [0.1, 0.15) is 23.7 Å².